The Labute approximate surface area is 148 Å². The fourth-order valence-corrected chi connectivity index (χ4v) is 6.66. The van der Waals surface area contributed by atoms with E-state index in [1.165, 1.54) is 0 Å². The highest BCUT2D eigenvalue weighted by Gasteiger charge is 2.40. The molecule has 3 heterocycles. The summed E-state index contributed by atoms with van der Waals surface area (Å²) in [5, 5.41) is 4.42. The van der Waals surface area contributed by atoms with Crippen LogP contribution in [-0.2, 0) is 9.73 Å². The van der Waals surface area contributed by atoms with Gasteiger partial charge in [-0.1, -0.05) is 18.2 Å². The summed E-state index contributed by atoms with van der Waals surface area (Å²) < 4.78 is 17.6. The van der Waals surface area contributed by atoms with Gasteiger partial charge >= 0.3 is 0 Å². The largest absolute Gasteiger partial charge is 0.310 e. The van der Waals surface area contributed by atoms with Gasteiger partial charge in [-0.2, -0.15) is 4.36 Å². The molecule has 0 radical (unpaired) electrons. The van der Waals surface area contributed by atoms with Crippen LogP contribution < -0.4 is 5.32 Å². The second-order valence-corrected chi connectivity index (χ2v) is 9.69. The SMILES string of the molecule is Cc1ccc2cccc(C(=O)N=S3(=O)CCCC4(CCCN4)C3)c2n1. The molecule has 1 N–H and O–H groups in total. The zero-order chi connectivity index (χ0) is 17.5. The highest BCUT2D eigenvalue weighted by atomic mass is 32.2. The number of fused-ring (bicyclic) bond motifs is 1. The summed E-state index contributed by atoms with van der Waals surface area (Å²) in [5.74, 6) is 0.603. The number of aryl methyl sites for hydroxylation is 1. The maximum Gasteiger partial charge on any atom is 0.287 e. The van der Waals surface area contributed by atoms with Crippen LogP contribution in [0.2, 0.25) is 0 Å². The quantitative estimate of drug-likeness (QED) is 0.851. The van der Waals surface area contributed by atoms with Gasteiger partial charge in [-0.25, -0.2) is 4.21 Å². The maximum atomic E-state index is 13.3. The van der Waals surface area contributed by atoms with Crippen LogP contribution in [-0.4, -0.2) is 38.7 Å². The van der Waals surface area contributed by atoms with Crippen LogP contribution >= 0.6 is 0 Å². The van der Waals surface area contributed by atoms with E-state index in [1.807, 2.05) is 31.2 Å². The Morgan fingerprint density at radius 1 is 1.24 bits per heavy atom. The fraction of sp³-hybridized carbons (Fsp3) is 0.474. The Hall–Kier alpha value is -1.79. The van der Waals surface area contributed by atoms with Gasteiger partial charge in [0.1, 0.15) is 0 Å². The summed E-state index contributed by atoms with van der Waals surface area (Å²) in [7, 11) is -2.52. The third kappa shape index (κ3) is 3.20. The molecular weight excluding hydrogens is 334 g/mol. The monoisotopic (exact) mass is 357 g/mol. The average molecular weight is 357 g/mol. The maximum absolute atomic E-state index is 13.3. The molecule has 2 aliphatic heterocycles. The molecule has 2 aliphatic rings. The molecule has 1 aromatic carbocycles. The lowest BCUT2D eigenvalue weighted by Gasteiger charge is -2.35. The highest BCUT2D eigenvalue weighted by Crippen LogP contribution is 2.32. The Bertz CT molecular complexity index is 954. The normalized spacial score (nSPS) is 29.2. The third-order valence-electron chi connectivity index (χ3n) is 5.29. The van der Waals surface area contributed by atoms with Gasteiger partial charge in [0.25, 0.3) is 5.91 Å². The third-order valence-corrected chi connectivity index (χ3v) is 7.72. The molecule has 4 rings (SSSR count). The fourth-order valence-electron chi connectivity index (χ4n) is 4.11. The zero-order valence-corrected chi connectivity index (χ0v) is 15.3. The molecule has 0 saturated carbocycles. The molecule has 2 unspecified atom stereocenters. The van der Waals surface area contributed by atoms with E-state index < -0.39 is 15.6 Å². The van der Waals surface area contributed by atoms with Crippen molar-refractivity contribution in [1.82, 2.24) is 10.3 Å². The molecule has 2 aromatic rings. The minimum absolute atomic E-state index is 0.0767. The van der Waals surface area contributed by atoms with E-state index in [1.54, 1.807) is 6.07 Å². The Balaban J connectivity index is 1.73. The molecule has 25 heavy (non-hydrogen) atoms. The second-order valence-electron chi connectivity index (χ2n) is 7.26. The standard InChI is InChI=1S/C19H23N3O2S/c1-14-7-8-15-5-2-6-16(17(15)21-14)18(23)22-25(24)12-4-10-19(13-25)9-3-11-20-19/h2,5-8,20H,3-4,9-13H2,1H3. The molecule has 6 heteroatoms. The molecule has 1 spiro atoms. The van der Waals surface area contributed by atoms with Crippen LogP contribution in [0.15, 0.2) is 34.7 Å². The molecular formula is C19H23N3O2S. The lowest BCUT2D eigenvalue weighted by atomic mass is 9.94. The van der Waals surface area contributed by atoms with E-state index in [0.717, 1.165) is 43.3 Å². The smallest absolute Gasteiger partial charge is 0.287 e. The second kappa shape index (κ2) is 6.18. The van der Waals surface area contributed by atoms with Gasteiger partial charge in [-0.3, -0.25) is 9.78 Å². The van der Waals surface area contributed by atoms with Crippen LogP contribution in [0, 0.1) is 6.92 Å². The summed E-state index contributed by atoms with van der Waals surface area (Å²) in [6, 6.07) is 9.36. The number of pyridine rings is 1. The Kier molecular flexibility index (Phi) is 4.12. The van der Waals surface area contributed by atoms with E-state index in [-0.39, 0.29) is 5.54 Å². The van der Waals surface area contributed by atoms with Crippen molar-refractivity contribution in [2.24, 2.45) is 4.36 Å². The first-order chi connectivity index (χ1) is 12.0. The number of carbonyl (C=O) groups is 1. The molecule has 5 nitrogen and oxygen atoms in total. The minimum Gasteiger partial charge on any atom is -0.310 e. The van der Waals surface area contributed by atoms with Crippen molar-refractivity contribution >= 4 is 26.5 Å². The van der Waals surface area contributed by atoms with E-state index in [0.29, 0.717) is 22.6 Å². The number of para-hydroxylation sites is 1. The number of aromatic nitrogens is 1. The van der Waals surface area contributed by atoms with Crippen molar-refractivity contribution in [1.29, 1.82) is 0 Å². The van der Waals surface area contributed by atoms with Crippen LogP contribution in [0.5, 0.6) is 0 Å². The summed E-state index contributed by atoms with van der Waals surface area (Å²) >= 11 is 0. The van der Waals surface area contributed by atoms with Crippen molar-refractivity contribution in [3.63, 3.8) is 0 Å². The lowest BCUT2D eigenvalue weighted by Crippen LogP contribution is -2.49. The van der Waals surface area contributed by atoms with E-state index >= 15 is 0 Å². The number of nitrogens with zero attached hydrogens (tertiary/aromatic N) is 2. The number of amides is 1. The van der Waals surface area contributed by atoms with Crippen LogP contribution in [0.1, 0.15) is 41.7 Å². The molecule has 0 bridgehead atoms. The molecule has 2 fully saturated rings. The van der Waals surface area contributed by atoms with Crippen LogP contribution in [0.25, 0.3) is 10.9 Å². The first kappa shape index (κ1) is 16.7. The topological polar surface area (TPSA) is 71.4 Å². The summed E-state index contributed by atoms with van der Waals surface area (Å²) in [4.78, 5) is 17.3. The summed E-state index contributed by atoms with van der Waals surface area (Å²) in [6.45, 7) is 2.87. The molecule has 2 saturated heterocycles. The van der Waals surface area contributed by atoms with Gasteiger partial charge < -0.3 is 5.32 Å². The Morgan fingerprint density at radius 3 is 2.88 bits per heavy atom. The van der Waals surface area contributed by atoms with Gasteiger partial charge in [0.15, 0.2) is 0 Å². The van der Waals surface area contributed by atoms with Gasteiger partial charge in [0.2, 0.25) is 0 Å². The number of hydrogen-bond donors (Lipinski definition) is 1. The predicted molar refractivity (Wildman–Crippen MR) is 100 cm³/mol. The van der Waals surface area contributed by atoms with Crippen molar-refractivity contribution in [3.8, 4) is 0 Å². The molecule has 1 amide bonds. The molecule has 0 aliphatic carbocycles. The number of benzene rings is 1. The number of rotatable bonds is 1. The molecule has 2 atom stereocenters. The van der Waals surface area contributed by atoms with Crippen molar-refractivity contribution in [3.05, 3.63) is 41.6 Å². The van der Waals surface area contributed by atoms with Crippen molar-refractivity contribution < 1.29 is 9.00 Å². The zero-order valence-electron chi connectivity index (χ0n) is 14.5. The van der Waals surface area contributed by atoms with Gasteiger partial charge in [-0.05, 0) is 51.3 Å². The average Bonchev–Trinajstić information content (AvgIpc) is 3.01. The van der Waals surface area contributed by atoms with E-state index in [2.05, 4.69) is 14.7 Å². The van der Waals surface area contributed by atoms with E-state index in [9.17, 15) is 9.00 Å². The minimum atomic E-state index is -2.52. The lowest BCUT2D eigenvalue weighted by molar-refractivity contribution is 0.101. The van der Waals surface area contributed by atoms with Gasteiger partial charge in [-0.15, -0.1) is 0 Å². The number of nitrogens with one attached hydrogen (secondary N) is 1. The summed E-state index contributed by atoms with van der Waals surface area (Å²) in [6.07, 6.45) is 4.02. The molecule has 1 aromatic heterocycles. The Morgan fingerprint density at radius 2 is 2.08 bits per heavy atom. The molecule has 132 valence electrons. The first-order valence-corrected chi connectivity index (χ1v) is 10.7. The highest BCUT2D eigenvalue weighted by molar-refractivity contribution is 7.94. The van der Waals surface area contributed by atoms with Gasteiger partial charge in [0, 0.05) is 22.4 Å². The van der Waals surface area contributed by atoms with Gasteiger partial charge in [0.05, 0.1) is 26.6 Å². The van der Waals surface area contributed by atoms with Crippen molar-refractivity contribution in [2.75, 3.05) is 18.1 Å². The first-order valence-electron chi connectivity index (χ1n) is 8.87. The van der Waals surface area contributed by atoms with E-state index in [4.69, 9.17) is 0 Å². The number of hydrogen-bond acceptors (Lipinski definition) is 4. The predicted octanol–water partition coefficient (Wildman–Crippen LogP) is 3.07. The van der Waals surface area contributed by atoms with Crippen molar-refractivity contribution in [2.45, 2.75) is 38.1 Å². The number of carbonyl (C=O) groups excluding carboxylic acids is 1. The summed E-state index contributed by atoms with van der Waals surface area (Å²) in [5.41, 5.74) is 1.86. The van der Waals surface area contributed by atoms with Crippen LogP contribution in [0.4, 0.5) is 0 Å². The van der Waals surface area contributed by atoms with Crippen LogP contribution in [0.3, 0.4) is 0 Å².